The maximum absolute atomic E-state index is 13.6. The fraction of sp³-hybridized carbons (Fsp3) is 0.320. The molecule has 182 valence electrons. The molecule has 0 aliphatic carbocycles. The average molecular weight is 477 g/mol. The van der Waals surface area contributed by atoms with Crippen molar-refractivity contribution in [3.63, 3.8) is 0 Å². The molecule has 35 heavy (non-hydrogen) atoms. The first-order valence-corrected chi connectivity index (χ1v) is 11.2. The number of aromatic nitrogens is 4. The summed E-state index contributed by atoms with van der Waals surface area (Å²) in [6, 6.07) is 15.4. The summed E-state index contributed by atoms with van der Waals surface area (Å²) >= 11 is 0. The number of furan rings is 2. The zero-order chi connectivity index (χ0) is 25.0. The molecule has 0 saturated heterocycles. The van der Waals surface area contributed by atoms with Crippen LogP contribution in [-0.2, 0) is 22.7 Å². The molecule has 1 unspecified atom stereocenters. The smallest absolute Gasteiger partial charge is 0.251 e. The summed E-state index contributed by atoms with van der Waals surface area (Å²) in [6.07, 6.45) is 1.48. The van der Waals surface area contributed by atoms with Crippen LogP contribution in [-0.4, -0.2) is 42.5 Å². The van der Waals surface area contributed by atoms with Crippen LogP contribution in [0.3, 0.4) is 0 Å². The van der Waals surface area contributed by atoms with Gasteiger partial charge in [-0.05, 0) is 62.7 Å². The molecule has 4 rings (SSSR count). The predicted octanol–water partition coefficient (Wildman–Crippen LogP) is 3.52. The van der Waals surface area contributed by atoms with Crippen molar-refractivity contribution in [3.05, 3.63) is 77.9 Å². The number of amides is 2. The minimum atomic E-state index is -0.993. The SMILES string of the molecule is Cc1ccc(-c2nnn(CC(=O)N(Cc3ccccc3)C(C(=O)NC(C)(C)C)c3ccco3)n2)o1. The van der Waals surface area contributed by atoms with Gasteiger partial charge in [0.2, 0.25) is 11.7 Å². The molecule has 0 aliphatic rings. The van der Waals surface area contributed by atoms with Gasteiger partial charge in [0.1, 0.15) is 18.1 Å². The maximum Gasteiger partial charge on any atom is 0.251 e. The lowest BCUT2D eigenvalue weighted by molar-refractivity contribution is -0.143. The molecule has 0 radical (unpaired) electrons. The molecule has 10 heteroatoms. The van der Waals surface area contributed by atoms with E-state index in [-0.39, 0.29) is 30.7 Å². The Morgan fingerprint density at radius 2 is 1.86 bits per heavy atom. The highest BCUT2D eigenvalue weighted by Gasteiger charge is 2.35. The van der Waals surface area contributed by atoms with E-state index in [1.54, 1.807) is 24.3 Å². The van der Waals surface area contributed by atoms with Crippen molar-refractivity contribution in [2.24, 2.45) is 0 Å². The minimum absolute atomic E-state index is 0.182. The van der Waals surface area contributed by atoms with Gasteiger partial charge in [0.25, 0.3) is 5.91 Å². The van der Waals surface area contributed by atoms with E-state index < -0.39 is 11.6 Å². The molecule has 0 spiro atoms. The molecule has 0 saturated carbocycles. The van der Waals surface area contributed by atoms with E-state index in [9.17, 15) is 9.59 Å². The van der Waals surface area contributed by atoms with Crippen LogP contribution in [0.1, 0.15) is 43.9 Å². The van der Waals surface area contributed by atoms with E-state index in [1.807, 2.05) is 58.0 Å². The van der Waals surface area contributed by atoms with Gasteiger partial charge in [0, 0.05) is 12.1 Å². The minimum Gasteiger partial charge on any atom is -0.467 e. The molecule has 3 heterocycles. The van der Waals surface area contributed by atoms with Crippen molar-refractivity contribution < 1.29 is 18.4 Å². The second kappa shape index (κ2) is 9.96. The van der Waals surface area contributed by atoms with Gasteiger partial charge >= 0.3 is 0 Å². The number of tetrazole rings is 1. The highest BCUT2D eigenvalue weighted by molar-refractivity contribution is 5.88. The largest absolute Gasteiger partial charge is 0.467 e. The topological polar surface area (TPSA) is 119 Å². The molecule has 2 amide bonds. The van der Waals surface area contributed by atoms with Gasteiger partial charge in [-0.2, -0.15) is 4.80 Å². The molecule has 1 atom stereocenters. The first-order valence-electron chi connectivity index (χ1n) is 11.2. The monoisotopic (exact) mass is 476 g/mol. The normalized spacial score (nSPS) is 12.3. The Bertz CT molecular complexity index is 1270. The zero-order valence-corrected chi connectivity index (χ0v) is 20.1. The number of nitrogens with one attached hydrogen (secondary N) is 1. The summed E-state index contributed by atoms with van der Waals surface area (Å²) in [6.45, 7) is 7.41. The number of rotatable bonds is 8. The molecule has 0 fully saturated rings. The van der Waals surface area contributed by atoms with Crippen molar-refractivity contribution in [1.82, 2.24) is 30.4 Å². The van der Waals surface area contributed by atoms with Gasteiger partial charge in [0.05, 0.1) is 6.26 Å². The first-order chi connectivity index (χ1) is 16.7. The molecule has 0 aliphatic heterocycles. The quantitative estimate of drug-likeness (QED) is 0.413. The van der Waals surface area contributed by atoms with Crippen LogP contribution in [0.5, 0.6) is 0 Å². The van der Waals surface area contributed by atoms with E-state index in [1.165, 1.54) is 16.0 Å². The molecule has 1 N–H and O–H groups in total. The molecular weight excluding hydrogens is 448 g/mol. The van der Waals surface area contributed by atoms with Gasteiger partial charge in [-0.3, -0.25) is 9.59 Å². The lowest BCUT2D eigenvalue weighted by Crippen LogP contribution is -2.49. The van der Waals surface area contributed by atoms with Crippen LogP contribution in [0.25, 0.3) is 11.6 Å². The third-order valence-electron chi connectivity index (χ3n) is 5.08. The fourth-order valence-electron chi connectivity index (χ4n) is 3.59. The Kier molecular flexibility index (Phi) is 6.81. The third kappa shape index (κ3) is 6.03. The van der Waals surface area contributed by atoms with Crippen LogP contribution in [0.2, 0.25) is 0 Å². The lowest BCUT2D eigenvalue weighted by atomic mass is 10.1. The van der Waals surface area contributed by atoms with Gasteiger partial charge in [0.15, 0.2) is 11.8 Å². The summed E-state index contributed by atoms with van der Waals surface area (Å²) in [4.78, 5) is 29.7. The molecule has 10 nitrogen and oxygen atoms in total. The lowest BCUT2D eigenvalue weighted by Gasteiger charge is -2.32. The summed E-state index contributed by atoms with van der Waals surface area (Å²) < 4.78 is 11.1. The number of hydrogen-bond donors (Lipinski definition) is 1. The van der Waals surface area contributed by atoms with Crippen molar-refractivity contribution >= 4 is 11.8 Å². The molecule has 0 bridgehead atoms. The van der Waals surface area contributed by atoms with Crippen LogP contribution in [0, 0.1) is 6.92 Å². The van der Waals surface area contributed by atoms with Crippen molar-refractivity contribution in [2.45, 2.75) is 52.4 Å². The molecular formula is C25H28N6O4. The van der Waals surface area contributed by atoms with E-state index in [0.717, 1.165) is 5.56 Å². The number of aryl methyl sites for hydroxylation is 1. The Hall–Kier alpha value is -4.21. The Morgan fingerprint density at radius 3 is 2.49 bits per heavy atom. The maximum atomic E-state index is 13.6. The number of carbonyl (C=O) groups excluding carboxylic acids is 2. The Labute approximate surface area is 202 Å². The van der Waals surface area contributed by atoms with Gasteiger partial charge < -0.3 is 19.1 Å². The van der Waals surface area contributed by atoms with Crippen LogP contribution in [0.15, 0.2) is 69.7 Å². The summed E-state index contributed by atoms with van der Waals surface area (Å²) in [7, 11) is 0. The number of carbonyl (C=O) groups is 2. The summed E-state index contributed by atoms with van der Waals surface area (Å²) in [5.74, 6) is 1.07. The standard InChI is InChI=1S/C25H28N6O4/c1-17-12-13-20(35-17)23-27-29-31(28-23)16-21(32)30(15-18-9-6-5-7-10-18)22(19-11-8-14-34-19)24(33)26-25(2,3)4/h5-14,22H,15-16H2,1-4H3,(H,26,33). The first kappa shape index (κ1) is 23.9. The third-order valence-corrected chi connectivity index (χ3v) is 5.08. The van der Waals surface area contributed by atoms with Gasteiger partial charge in [-0.1, -0.05) is 30.3 Å². The van der Waals surface area contributed by atoms with Gasteiger partial charge in [-0.25, -0.2) is 0 Å². The predicted molar refractivity (Wildman–Crippen MR) is 127 cm³/mol. The van der Waals surface area contributed by atoms with Crippen LogP contribution < -0.4 is 5.32 Å². The van der Waals surface area contributed by atoms with Gasteiger partial charge in [-0.15, -0.1) is 10.2 Å². The number of benzene rings is 1. The number of nitrogens with zero attached hydrogens (tertiary/aromatic N) is 5. The highest BCUT2D eigenvalue weighted by atomic mass is 16.3. The molecule has 1 aromatic carbocycles. The van der Waals surface area contributed by atoms with Crippen LogP contribution in [0.4, 0.5) is 0 Å². The average Bonchev–Trinajstić information content (AvgIpc) is 3.55. The van der Waals surface area contributed by atoms with Crippen molar-refractivity contribution in [1.29, 1.82) is 0 Å². The second-order valence-electron chi connectivity index (χ2n) is 9.22. The van der Waals surface area contributed by atoms with Crippen molar-refractivity contribution in [3.8, 4) is 11.6 Å². The zero-order valence-electron chi connectivity index (χ0n) is 20.1. The Balaban J connectivity index is 1.65. The summed E-state index contributed by atoms with van der Waals surface area (Å²) in [5.41, 5.74) is 0.353. The summed E-state index contributed by atoms with van der Waals surface area (Å²) in [5, 5.41) is 15.2. The molecule has 4 aromatic rings. The molecule has 3 aromatic heterocycles. The van der Waals surface area contributed by atoms with E-state index >= 15 is 0 Å². The fourth-order valence-corrected chi connectivity index (χ4v) is 3.59. The van der Waals surface area contributed by atoms with Crippen molar-refractivity contribution in [2.75, 3.05) is 0 Å². The Morgan fingerprint density at radius 1 is 1.09 bits per heavy atom. The van der Waals surface area contributed by atoms with E-state index in [2.05, 4.69) is 20.7 Å². The number of hydrogen-bond acceptors (Lipinski definition) is 7. The highest BCUT2D eigenvalue weighted by Crippen LogP contribution is 2.26. The second-order valence-corrected chi connectivity index (χ2v) is 9.22. The van der Waals surface area contributed by atoms with Crippen LogP contribution >= 0.6 is 0 Å². The van der Waals surface area contributed by atoms with E-state index in [0.29, 0.717) is 17.3 Å². The van der Waals surface area contributed by atoms with E-state index in [4.69, 9.17) is 8.83 Å².